The van der Waals surface area contributed by atoms with Gasteiger partial charge < -0.3 is 10.2 Å². The Labute approximate surface area is 177 Å². The lowest BCUT2D eigenvalue weighted by Gasteiger charge is -2.35. The SMILES string of the molecule is Cc1ccnc(N2CCN(CCCCC3Sc4ccccc4NC3=S)CC2)c1. The van der Waals surface area contributed by atoms with Crippen molar-refractivity contribution in [3.8, 4) is 0 Å². The van der Waals surface area contributed by atoms with Crippen molar-refractivity contribution >= 4 is 40.5 Å². The Balaban J connectivity index is 1.17. The maximum absolute atomic E-state index is 5.59. The third-order valence-corrected chi connectivity index (χ3v) is 7.40. The number of thiocarbonyl (C=S) groups is 1. The first kappa shape index (κ1) is 19.7. The lowest BCUT2D eigenvalue weighted by atomic mass is 10.1. The van der Waals surface area contributed by atoms with Crippen LogP contribution in [0, 0.1) is 6.92 Å². The van der Waals surface area contributed by atoms with Gasteiger partial charge in [0.25, 0.3) is 0 Å². The topological polar surface area (TPSA) is 31.4 Å². The third kappa shape index (κ3) is 4.85. The summed E-state index contributed by atoms with van der Waals surface area (Å²) in [5, 5.41) is 3.82. The summed E-state index contributed by atoms with van der Waals surface area (Å²) in [7, 11) is 0. The average Bonchev–Trinajstić information content (AvgIpc) is 2.72. The van der Waals surface area contributed by atoms with Gasteiger partial charge in [-0.25, -0.2) is 4.98 Å². The van der Waals surface area contributed by atoms with Crippen LogP contribution in [0.4, 0.5) is 11.5 Å². The number of thioether (sulfide) groups is 1. The van der Waals surface area contributed by atoms with Gasteiger partial charge in [0.05, 0.1) is 15.9 Å². The Morgan fingerprint density at radius 3 is 2.79 bits per heavy atom. The second-order valence-electron chi connectivity index (χ2n) is 7.61. The van der Waals surface area contributed by atoms with Crippen molar-refractivity contribution in [2.24, 2.45) is 0 Å². The standard InChI is InChI=1S/C22H28N4S2/c1-17-9-10-23-21(16-17)26-14-12-25(13-15-26)11-5-4-8-20-22(27)24-18-6-2-3-7-19(18)28-20/h2-3,6-7,9-10,16,20H,4-5,8,11-15H2,1H3,(H,24,27). The van der Waals surface area contributed by atoms with Crippen molar-refractivity contribution in [3.63, 3.8) is 0 Å². The van der Waals surface area contributed by atoms with Crippen LogP contribution < -0.4 is 10.2 Å². The fourth-order valence-corrected chi connectivity index (χ4v) is 5.37. The molecule has 4 nitrogen and oxygen atoms in total. The Kier molecular flexibility index (Phi) is 6.50. The van der Waals surface area contributed by atoms with Crippen molar-refractivity contribution in [1.82, 2.24) is 9.88 Å². The first-order valence-electron chi connectivity index (χ1n) is 10.2. The zero-order valence-electron chi connectivity index (χ0n) is 16.4. The molecule has 1 aromatic carbocycles. The number of fused-ring (bicyclic) bond motifs is 1. The van der Waals surface area contributed by atoms with Gasteiger partial charge in [0.15, 0.2) is 0 Å². The smallest absolute Gasteiger partial charge is 0.128 e. The van der Waals surface area contributed by atoms with Crippen molar-refractivity contribution in [2.45, 2.75) is 36.3 Å². The number of nitrogens with zero attached hydrogens (tertiary/aromatic N) is 3. The molecule has 1 N–H and O–H groups in total. The van der Waals surface area contributed by atoms with Gasteiger partial charge in [0.1, 0.15) is 5.82 Å². The van der Waals surface area contributed by atoms with Gasteiger partial charge in [-0.05, 0) is 56.1 Å². The highest BCUT2D eigenvalue weighted by molar-refractivity contribution is 8.02. The molecule has 6 heteroatoms. The van der Waals surface area contributed by atoms with Gasteiger partial charge >= 0.3 is 0 Å². The van der Waals surface area contributed by atoms with E-state index in [9.17, 15) is 0 Å². The van der Waals surface area contributed by atoms with Crippen LogP contribution in [-0.4, -0.2) is 52.8 Å². The highest BCUT2D eigenvalue weighted by Crippen LogP contribution is 2.37. The van der Waals surface area contributed by atoms with Gasteiger partial charge in [-0.15, -0.1) is 11.8 Å². The predicted molar refractivity (Wildman–Crippen MR) is 124 cm³/mol. The number of aryl methyl sites for hydroxylation is 1. The van der Waals surface area contributed by atoms with E-state index in [0.29, 0.717) is 5.25 Å². The van der Waals surface area contributed by atoms with Gasteiger partial charge in [0, 0.05) is 37.3 Å². The molecule has 1 fully saturated rings. The van der Waals surface area contributed by atoms with Crippen LogP contribution in [-0.2, 0) is 0 Å². The Morgan fingerprint density at radius 1 is 1.14 bits per heavy atom. The molecule has 0 aliphatic carbocycles. The second kappa shape index (κ2) is 9.25. The van der Waals surface area contributed by atoms with Crippen molar-refractivity contribution in [2.75, 3.05) is 42.9 Å². The van der Waals surface area contributed by atoms with E-state index in [1.165, 1.54) is 29.8 Å². The van der Waals surface area contributed by atoms with E-state index in [4.69, 9.17) is 12.2 Å². The van der Waals surface area contributed by atoms with Crippen LogP contribution in [0.2, 0.25) is 0 Å². The highest BCUT2D eigenvalue weighted by atomic mass is 32.2. The quantitative estimate of drug-likeness (QED) is 0.551. The van der Waals surface area contributed by atoms with Crippen LogP contribution in [0.25, 0.3) is 0 Å². The summed E-state index contributed by atoms with van der Waals surface area (Å²) in [6.45, 7) is 7.71. The molecule has 1 atom stereocenters. The Hall–Kier alpha value is -1.63. The molecular formula is C22H28N4S2. The summed E-state index contributed by atoms with van der Waals surface area (Å²) in [4.78, 5) is 11.8. The first-order valence-corrected chi connectivity index (χ1v) is 11.4. The van der Waals surface area contributed by atoms with E-state index in [0.717, 1.165) is 49.1 Å². The molecule has 2 aromatic rings. The van der Waals surface area contributed by atoms with E-state index < -0.39 is 0 Å². The molecule has 148 valence electrons. The van der Waals surface area contributed by atoms with Crippen LogP contribution in [0.15, 0.2) is 47.5 Å². The second-order valence-corrected chi connectivity index (χ2v) is 9.29. The molecule has 4 rings (SSSR count). The number of hydrogen-bond acceptors (Lipinski definition) is 5. The van der Waals surface area contributed by atoms with Gasteiger partial charge in [-0.3, -0.25) is 4.90 Å². The maximum atomic E-state index is 5.59. The third-order valence-electron chi connectivity index (χ3n) is 5.49. The van der Waals surface area contributed by atoms with E-state index in [-0.39, 0.29) is 0 Å². The summed E-state index contributed by atoms with van der Waals surface area (Å²) in [5.41, 5.74) is 2.44. The Bertz CT molecular complexity index is 818. The summed E-state index contributed by atoms with van der Waals surface area (Å²) in [5.74, 6) is 1.12. The monoisotopic (exact) mass is 412 g/mol. The number of rotatable bonds is 6. The van der Waals surface area contributed by atoms with Crippen LogP contribution >= 0.6 is 24.0 Å². The molecule has 28 heavy (non-hydrogen) atoms. The zero-order valence-corrected chi connectivity index (χ0v) is 18.1. The zero-order chi connectivity index (χ0) is 19.3. The summed E-state index contributed by atoms with van der Waals surface area (Å²) in [6, 6.07) is 12.7. The minimum atomic E-state index is 0.411. The molecule has 1 unspecified atom stereocenters. The van der Waals surface area contributed by atoms with E-state index in [1.807, 2.05) is 18.0 Å². The van der Waals surface area contributed by atoms with Gasteiger partial charge in [-0.1, -0.05) is 30.8 Å². The van der Waals surface area contributed by atoms with E-state index in [1.54, 1.807) is 0 Å². The van der Waals surface area contributed by atoms with Crippen LogP contribution in [0.1, 0.15) is 24.8 Å². The number of anilines is 2. The molecule has 0 amide bonds. The van der Waals surface area contributed by atoms with Gasteiger partial charge in [-0.2, -0.15) is 0 Å². The lowest BCUT2D eigenvalue weighted by Crippen LogP contribution is -2.46. The predicted octanol–water partition coefficient (Wildman–Crippen LogP) is 4.60. The number of benzene rings is 1. The molecule has 2 aliphatic rings. The molecule has 1 saturated heterocycles. The van der Waals surface area contributed by atoms with Crippen molar-refractivity contribution in [1.29, 1.82) is 0 Å². The molecule has 1 aromatic heterocycles. The molecule has 2 aliphatic heterocycles. The fraction of sp³-hybridized carbons (Fsp3) is 0.455. The largest absolute Gasteiger partial charge is 0.354 e. The molecule has 0 bridgehead atoms. The molecule has 0 saturated carbocycles. The fourth-order valence-electron chi connectivity index (χ4n) is 3.84. The van der Waals surface area contributed by atoms with Crippen molar-refractivity contribution < 1.29 is 0 Å². The highest BCUT2D eigenvalue weighted by Gasteiger charge is 2.23. The number of para-hydroxylation sites is 1. The molecule has 0 radical (unpaired) electrons. The number of unbranched alkanes of at least 4 members (excludes halogenated alkanes) is 1. The summed E-state index contributed by atoms with van der Waals surface area (Å²) >= 11 is 7.51. The summed E-state index contributed by atoms with van der Waals surface area (Å²) in [6.07, 6.45) is 5.53. The molecular weight excluding hydrogens is 384 g/mol. The first-order chi connectivity index (χ1) is 13.7. The normalized spacial score (nSPS) is 20.0. The Morgan fingerprint density at radius 2 is 1.96 bits per heavy atom. The van der Waals surface area contributed by atoms with E-state index >= 15 is 0 Å². The number of nitrogens with one attached hydrogen (secondary N) is 1. The number of aromatic nitrogens is 1. The maximum Gasteiger partial charge on any atom is 0.128 e. The number of hydrogen-bond donors (Lipinski definition) is 1. The minimum Gasteiger partial charge on any atom is -0.354 e. The number of piperazine rings is 1. The average molecular weight is 413 g/mol. The molecule has 3 heterocycles. The molecule has 0 spiro atoms. The summed E-state index contributed by atoms with van der Waals surface area (Å²) < 4.78 is 0. The number of pyridine rings is 1. The minimum absolute atomic E-state index is 0.411. The van der Waals surface area contributed by atoms with Crippen molar-refractivity contribution in [3.05, 3.63) is 48.2 Å². The van der Waals surface area contributed by atoms with Crippen LogP contribution in [0.5, 0.6) is 0 Å². The van der Waals surface area contributed by atoms with E-state index in [2.05, 4.69) is 63.4 Å². The van der Waals surface area contributed by atoms with Gasteiger partial charge in [0.2, 0.25) is 0 Å². The lowest BCUT2D eigenvalue weighted by molar-refractivity contribution is 0.252. The van der Waals surface area contributed by atoms with Crippen LogP contribution in [0.3, 0.4) is 0 Å².